The van der Waals surface area contributed by atoms with Crippen molar-refractivity contribution in [3.05, 3.63) is 88.5 Å². The summed E-state index contributed by atoms with van der Waals surface area (Å²) >= 11 is 0. The first kappa shape index (κ1) is 22.5. The lowest BCUT2D eigenvalue weighted by Gasteiger charge is -2.19. The predicted octanol–water partition coefficient (Wildman–Crippen LogP) is 4.37. The summed E-state index contributed by atoms with van der Waals surface area (Å²) in [4.78, 5) is 53.8. The molecule has 7 heteroatoms. The van der Waals surface area contributed by atoms with Crippen molar-refractivity contribution < 1.29 is 23.9 Å². The van der Waals surface area contributed by atoms with Crippen LogP contribution in [0.3, 0.4) is 0 Å². The molecule has 1 saturated heterocycles. The van der Waals surface area contributed by atoms with E-state index in [2.05, 4.69) is 0 Å². The summed E-state index contributed by atoms with van der Waals surface area (Å²) in [6, 6.07) is 17.4. The molecule has 0 unspecified atom stereocenters. The van der Waals surface area contributed by atoms with Crippen LogP contribution < -0.4 is 14.5 Å². The van der Waals surface area contributed by atoms with E-state index in [0.717, 1.165) is 21.7 Å². The topological polar surface area (TPSA) is 84.0 Å². The number of carbonyl (C=O) groups excluding carboxylic acids is 4. The van der Waals surface area contributed by atoms with Crippen LogP contribution in [0, 0.1) is 26.7 Å². The summed E-state index contributed by atoms with van der Waals surface area (Å²) in [6.45, 7) is 5.94. The molecule has 1 atom stereocenters. The summed E-state index contributed by atoms with van der Waals surface area (Å²) in [5, 5.41) is 0. The molecule has 0 saturated carbocycles. The average molecular weight is 469 g/mol. The largest absolute Gasteiger partial charge is 0.426 e. The SMILES string of the molecule is Cc1cc(C)cc(N2C[C@@H](C(=O)Oc3ccc(N4C(=O)c5ccccc5C4=O)c(C)c3)CC2=O)c1. The normalized spacial score (nSPS) is 17.2. The highest BCUT2D eigenvalue weighted by Gasteiger charge is 2.38. The fourth-order valence-corrected chi connectivity index (χ4v) is 4.77. The quantitative estimate of drug-likeness (QED) is 0.323. The van der Waals surface area contributed by atoms with Gasteiger partial charge in [-0.1, -0.05) is 18.2 Å². The van der Waals surface area contributed by atoms with Gasteiger partial charge in [0.2, 0.25) is 5.91 Å². The second kappa shape index (κ2) is 8.51. The molecular weight excluding hydrogens is 444 g/mol. The van der Waals surface area contributed by atoms with Crippen LogP contribution in [-0.4, -0.2) is 30.2 Å². The summed E-state index contributed by atoms with van der Waals surface area (Å²) < 4.78 is 5.59. The number of esters is 1. The van der Waals surface area contributed by atoms with Gasteiger partial charge < -0.3 is 9.64 Å². The smallest absolute Gasteiger partial charge is 0.316 e. The lowest BCUT2D eigenvalue weighted by atomic mass is 10.1. The third kappa shape index (κ3) is 3.99. The lowest BCUT2D eigenvalue weighted by molar-refractivity contribution is -0.139. The van der Waals surface area contributed by atoms with E-state index in [1.165, 1.54) is 0 Å². The number of ether oxygens (including phenoxy) is 1. The Balaban J connectivity index is 1.31. The van der Waals surface area contributed by atoms with Crippen LogP contribution in [0.2, 0.25) is 0 Å². The van der Waals surface area contributed by atoms with E-state index in [4.69, 9.17) is 4.74 Å². The highest BCUT2D eigenvalue weighted by molar-refractivity contribution is 6.34. The number of imide groups is 1. The van der Waals surface area contributed by atoms with Crippen molar-refractivity contribution in [2.75, 3.05) is 16.3 Å². The molecule has 2 aliphatic heterocycles. The van der Waals surface area contributed by atoms with E-state index in [1.807, 2.05) is 32.0 Å². The van der Waals surface area contributed by atoms with E-state index in [0.29, 0.717) is 28.1 Å². The number of benzene rings is 3. The van der Waals surface area contributed by atoms with Gasteiger partial charge in [-0.05, 0) is 79.9 Å². The molecule has 2 heterocycles. The number of hydrogen-bond acceptors (Lipinski definition) is 5. The zero-order valence-corrected chi connectivity index (χ0v) is 19.7. The number of fused-ring (bicyclic) bond motifs is 1. The number of amides is 3. The second-order valence-corrected chi connectivity index (χ2v) is 9.11. The highest BCUT2D eigenvalue weighted by Crippen LogP contribution is 2.33. The van der Waals surface area contributed by atoms with Crippen molar-refractivity contribution in [2.45, 2.75) is 27.2 Å². The summed E-state index contributed by atoms with van der Waals surface area (Å²) in [5.74, 6) is -1.65. The molecule has 5 rings (SSSR count). The number of nitrogens with zero attached hydrogens (tertiary/aromatic N) is 2. The minimum Gasteiger partial charge on any atom is -0.426 e. The number of carbonyl (C=O) groups is 4. The van der Waals surface area contributed by atoms with Gasteiger partial charge in [-0.25, -0.2) is 4.90 Å². The highest BCUT2D eigenvalue weighted by atomic mass is 16.5. The van der Waals surface area contributed by atoms with Crippen molar-refractivity contribution in [1.29, 1.82) is 0 Å². The molecule has 0 N–H and O–H groups in total. The minimum atomic E-state index is -0.584. The standard InChI is InChI=1S/C28H24N2O5/c1-16-10-17(2)12-20(11-16)29-15-19(14-25(29)31)28(34)35-21-8-9-24(18(3)13-21)30-26(32)22-6-4-5-7-23(22)27(30)33/h4-13,19H,14-15H2,1-3H3/t19-/m0/s1. The van der Waals surface area contributed by atoms with Gasteiger partial charge in [-0.15, -0.1) is 0 Å². The fourth-order valence-electron chi connectivity index (χ4n) is 4.77. The van der Waals surface area contributed by atoms with Crippen LogP contribution in [0.25, 0.3) is 0 Å². The maximum atomic E-state index is 12.9. The first-order chi connectivity index (χ1) is 16.7. The van der Waals surface area contributed by atoms with E-state index in [-0.39, 0.29) is 30.7 Å². The van der Waals surface area contributed by atoms with E-state index < -0.39 is 11.9 Å². The molecule has 3 aromatic rings. The molecule has 0 bridgehead atoms. The first-order valence-corrected chi connectivity index (χ1v) is 11.4. The summed E-state index contributed by atoms with van der Waals surface area (Å²) in [7, 11) is 0. The number of anilines is 2. The van der Waals surface area contributed by atoms with Crippen LogP contribution in [0.4, 0.5) is 11.4 Å². The van der Waals surface area contributed by atoms with Gasteiger partial charge in [-0.2, -0.15) is 0 Å². The summed E-state index contributed by atoms with van der Waals surface area (Å²) in [6.07, 6.45) is 0.0813. The van der Waals surface area contributed by atoms with Crippen molar-refractivity contribution in [1.82, 2.24) is 0 Å². The number of rotatable bonds is 4. The van der Waals surface area contributed by atoms with Gasteiger partial charge >= 0.3 is 5.97 Å². The zero-order chi connectivity index (χ0) is 24.9. The first-order valence-electron chi connectivity index (χ1n) is 11.4. The number of aryl methyl sites for hydroxylation is 3. The average Bonchev–Trinajstić information content (AvgIpc) is 3.32. The van der Waals surface area contributed by atoms with Crippen molar-refractivity contribution >= 4 is 35.1 Å². The fraction of sp³-hybridized carbons (Fsp3) is 0.214. The Labute approximate surface area is 202 Å². The molecule has 176 valence electrons. The van der Waals surface area contributed by atoms with Crippen molar-refractivity contribution in [2.24, 2.45) is 5.92 Å². The predicted molar refractivity (Wildman–Crippen MR) is 131 cm³/mol. The van der Waals surface area contributed by atoms with Gasteiger partial charge in [0.05, 0.1) is 22.7 Å². The molecule has 1 fully saturated rings. The second-order valence-electron chi connectivity index (χ2n) is 9.11. The number of hydrogen-bond donors (Lipinski definition) is 0. The Kier molecular flexibility index (Phi) is 5.47. The Bertz CT molecular complexity index is 1350. The van der Waals surface area contributed by atoms with E-state index in [9.17, 15) is 19.2 Å². The van der Waals surface area contributed by atoms with Gasteiger partial charge in [-0.3, -0.25) is 19.2 Å². The van der Waals surface area contributed by atoms with Crippen LogP contribution in [0.5, 0.6) is 5.75 Å². The van der Waals surface area contributed by atoms with Crippen LogP contribution in [0.15, 0.2) is 60.7 Å². The maximum Gasteiger partial charge on any atom is 0.316 e. The van der Waals surface area contributed by atoms with Gasteiger partial charge in [0.1, 0.15) is 5.75 Å². The molecule has 0 aromatic heterocycles. The molecule has 3 aromatic carbocycles. The van der Waals surface area contributed by atoms with Crippen molar-refractivity contribution in [3.8, 4) is 5.75 Å². The Hall–Kier alpha value is -4.26. The van der Waals surface area contributed by atoms with Gasteiger partial charge in [0.15, 0.2) is 0 Å². The van der Waals surface area contributed by atoms with Crippen LogP contribution in [0.1, 0.15) is 43.8 Å². The zero-order valence-electron chi connectivity index (χ0n) is 19.7. The van der Waals surface area contributed by atoms with Gasteiger partial charge in [0, 0.05) is 18.7 Å². The molecule has 0 spiro atoms. The Morgan fingerprint density at radius 2 is 1.49 bits per heavy atom. The van der Waals surface area contributed by atoms with Crippen LogP contribution >= 0.6 is 0 Å². The Morgan fingerprint density at radius 1 is 0.857 bits per heavy atom. The monoisotopic (exact) mass is 468 g/mol. The third-order valence-electron chi connectivity index (χ3n) is 6.40. The molecular formula is C28H24N2O5. The van der Waals surface area contributed by atoms with E-state index in [1.54, 1.807) is 54.3 Å². The molecule has 2 aliphatic rings. The maximum absolute atomic E-state index is 12.9. The molecule has 3 amide bonds. The van der Waals surface area contributed by atoms with Crippen molar-refractivity contribution in [3.63, 3.8) is 0 Å². The molecule has 0 aliphatic carbocycles. The van der Waals surface area contributed by atoms with Gasteiger partial charge in [0.25, 0.3) is 11.8 Å². The third-order valence-corrected chi connectivity index (χ3v) is 6.40. The Morgan fingerprint density at radius 3 is 2.09 bits per heavy atom. The lowest BCUT2D eigenvalue weighted by Crippen LogP contribution is -2.30. The molecule has 0 radical (unpaired) electrons. The van der Waals surface area contributed by atoms with E-state index >= 15 is 0 Å². The summed E-state index contributed by atoms with van der Waals surface area (Å²) in [5.41, 5.74) is 4.67. The molecule has 7 nitrogen and oxygen atoms in total. The minimum absolute atomic E-state index is 0.0813. The molecule has 35 heavy (non-hydrogen) atoms. The van der Waals surface area contributed by atoms with Crippen LogP contribution in [-0.2, 0) is 9.59 Å².